The number of carbonyl (C=O) groups excluding carboxylic acids is 5. The van der Waals surface area contributed by atoms with Crippen molar-refractivity contribution in [3.05, 3.63) is 71.9 Å². The number of cyclic esters (lactones) is 1. The van der Waals surface area contributed by atoms with Gasteiger partial charge in [0.1, 0.15) is 12.1 Å². The lowest BCUT2D eigenvalue weighted by atomic mass is 9.99. The lowest BCUT2D eigenvalue weighted by molar-refractivity contribution is -0.141. The van der Waals surface area contributed by atoms with Crippen LogP contribution in [0.2, 0.25) is 0 Å². The second-order valence-corrected chi connectivity index (χ2v) is 12.6. The Labute approximate surface area is 288 Å². The summed E-state index contributed by atoms with van der Waals surface area (Å²) in [5.74, 6) is -1.62. The number of nitrogens with one attached hydrogen (secondary N) is 4. The van der Waals surface area contributed by atoms with Gasteiger partial charge in [0.25, 0.3) is 0 Å². The Hall–Kier alpha value is -4.71. The van der Waals surface area contributed by atoms with E-state index >= 15 is 0 Å². The normalized spacial score (nSPS) is 17.3. The van der Waals surface area contributed by atoms with E-state index < -0.39 is 36.2 Å². The molecule has 4 amide bonds. The molecular weight excluding hydrogens is 624 g/mol. The Morgan fingerprint density at radius 1 is 0.980 bits per heavy atom. The maximum absolute atomic E-state index is 14.2. The summed E-state index contributed by atoms with van der Waals surface area (Å²) < 4.78 is 5.17. The van der Waals surface area contributed by atoms with Crippen LogP contribution in [0.5, 0.6) is 0 Å². The molecule has 0 spiro atoms. The number of ether oxygens (including phenoxy) is 1. The zero-order valence-electron chi connectivity index (χ0n) is 28.0. The van der Waals surface area contributed by atoms with Gasteiger partial charge in [-0.25, -0.2) is 0 Å². The third-order valence-corrected chi connectivity index (χ3v) is 8.81. The summed E-state index contributed by atoms with van der Waals surface area (Å²) in [5.41, 5.74) is 8.48. The predicted molar refractivity (Wildman–Crippen MR) is 189 cm³/mol. The number of aromatic amines is 1. The minimum Gasteiger partial charge on any atom is -0.460 e. The van der Waals surface area contributed by atoms with Crippen LogP contribution < -0.4 is 21.7 Å². The summed E-state index contributed by atoms with van der Waals surface area (Å²) in [6, 6.07) is 15.0. The molecule has 0 aliphatic carbocycles. The van der Waals surface area contributed by atoms with Crippen molar-refractivity contribution in [1.82, 2.24) is 25.8 Å². The van der Waals surface area contributed by atoms with Gasteiger partial charge >= 0.3 is 5.97 Å². The van der Waals surface area contributed by atoms with Crippen molar-refractivity contribution < 1.29 is 28.7 Å². The SMILES string of the molecule is C.CC(=O)N[C@H](CC(=O)N(C)[C@H](Cc1c[nH]c2ccccc12)C(=O)N[C@@H](CCCCN)CC(=O)N[C@@H]1CC(=O)O[C@@H]1C)Cc1ccccc1. The molecule has 1 aliphatic heterocycles. The van der Waals surface area contributed by atoms with Crippen LogP contribution in [0.3, 0.4) is 0 Å². The highest BCUT2D eigenvalue weighted by atomic mass is 16.6. The first-order valence-corrected chi connectivity index (χ1v) is 16.6. The quantitative estimate of drug-likeness (QED) is 0.108. The fraction of sp³-hybridized carbons (Fsp3) is 0.486. The van der Waals surface area contributed by atoms with E-state index in [4.69, 9.17) is 10.5 Å². The molecule has 5 atom stereocenters. The van der Waals surface area contributed by atoms with E-state index in [1.54, 1.807) is 14.0 Å². The summed E-state index contributed by atoms with van der Waals surface area (Å²) in [5, 5.41) is 9.77. The summed E-state index contributed by atoms with van der Waals surface area (Å²) in [6.45, 7) is 3.62. The molecular formula is C37H52N6O6. The summed E-state index contributed by atoms with van der Waals surface area (Å²) in [7, 11) is 1.60. The van der Waals surface area contributed by atoms with Gasteiger partial charge < -0.3 is 36.3 Å². The van der Waals surface area contributed by atoms with E-state index in [2.05, 4.69) is 20.9 Å². The van der Waals surface area contributed by atoms with Crippen LogP contribution in [0.1, 0.15) is 70.9 Å². The summed E-state index contributed by atoms with van der Waals surface area (Å²) >= 11 is 0. The number of rotatable bonds is 17. The zero-order valence-corrected chi connectivity index (χ0v) is 28.0. The van der Waals surface area contributed by atoms with Gasteiger partial charge in [-0.2, -0.15) is 0 Å². The number of likely N-dealkylation sites (N-methyl/N-ethyl adjacent to an activating group) is 1. The van der Waals surface area contributed by atoms with Crippen LogP contribution in [0.25, 0.3) is 10.9 Å². The number of nitrogens with two attached hydrogens (primary N) is 1. The van der Waals surface area contributed by atoms with Crippen molar-refractivity contribution in [1.29, 1.82) is 0 Å². The number of benzene rings is 2. The number of unbranched alkanes of at least 4 members (excludes halogenated alkanes) is 1. The highest BCUT2D eigenvalue weighted by Crippen LogP contribution is 2.22. The standard InChI is InChI=1S/C36H48N6O6.CH4/c1-23-31(21-35(46)48-23)41-33(44)19-27(13-9-10-16-37)40-36(47)32(18-26-22-38-30-15-8-7-14-29(26)30)42(3)34(45)20-28(39-24(2)43)17-25-11-5-4-6-12-25;/h4-8,11-12,14-15,22-23,27-28,31-32,38H,9-10,13,16-21,37H2,1-3H3,(H,39,43)(H,40,47)(H,41,44);1H4/t23-,27+,28+,31-,32-;/m1./s1. The number of para-hydroxylation sites is 1. The number of amides is 4. The molecule has 266 valence electrons. The zero-order chi connectivity index (χ0) is 34.6. The molecule has 1 aliphatic rings. The number of hydrogen-bond acceptors (Lipinski definition) is 7. The third-order valence-electron chi connectivity index (χ3n) is 8.81. The van der Waals surface area contributed by atoms with Crippen LogP contribution in [-0.4, -0.2) is 83.3 Å². The van der Waals surface area contributed by atoms with Crippen molar-refractivity contribution in [2.45, 2.75) is 103 Å². The minimum atomic E-state index is -0.910. The Balaban J connectivity index is 0.00000650. The van der Waals surface area contributed by atoms with E-state index in [0.29, 0.717) is 25.8 Å². The van der Waals surface area contributed by atoms with Crippen LogP contribution in [0.4, 0.5) is 0 Å². The maximum Gasteiger partial charge on any atom is 0.308 e. The van der Waals surface area contributed by atoms with Gasteiger partial charge in [-0.15, -0.1) is 0 Å². The average molecular weight is 677 g/mol. The lowest BCUT2D eigenvalue weighted by Crippen LogP contribution is -2.53. The molecule has 3 aromatic rings. The minimum absolute atomic E-state index is 0. The van der Waals surface area contributed by atoms with Crippen molar-refractivity contribution >= 4 is 40.5 Å². The Morgan fingerprint density at radius 2 is 1.69 bits per heavy atom. The molecule has 2 heterocycles. The highest BCUT2D eigenvalue weighted by molar-refractivity contribution is 5.90. The van der Waals surface area contributed by atoms with E-state index in [1.807, 2.05) is 60.8 Å². The molecule has 1 aromatic heterocycles. The maximum atomic E-state index is 14.2. The molecule has 12 nitrogen and oxygen atoms in total. The van der Waals surface area contributed by atoms with Crippen molar-refractivity contribution in [2.24, 2.45) is 5.73 Å². The topological polar surface area (TPSA) is 176 Å². The number of H-pyrrole nitrogens is 1. The van der Waals surface area contributed by atoms with Crippen LogP contribution in [0.15, 0.2) is 60.8 Å². The van der Waals surface area contributed by atoms with Crippen LogP contribution in [-0.2, 0) is 41.6 Å². The Kier molecular flexibility index (Phi) is 14.8. The fourth-order valence-corrected chi connectivity index (χ4v) is 6.20. The van der Waals surface area contributed by atoms with Crippen LogP contribution in [0, 0.1) is 0 Å². The van der Waals surface area contributed by atoms with Crippen LogP contribution >= 0.6 is 0 Å². The van der Waals surface area contributed by atoms with Crippen molar-refractivity contribution in [3.8, 4) is 0 Å². The number of fused-ring (bicyclic) bond motifs is 1. The fourth-order valence-electron chi connectivity index (χ4n) is 6.20. The second-order valence-electron chi connectivity index (χ2n) is 12.6. The Bertz CT molecular complexity index is 1560. The molecule has 0 unspecified atom stereocenters. The average Bonchev–Trinajstić information content (AvgIpc) is 3.60. The first-order valence-electron chi connectivity index (χ1n) is 16.6. The first-order chi connectivity index (χ1) is 23.0. The lowest BCUT2D eigenvalue weighted by Gasteiger charge is -2.31. The molecule has 6 N–H and O–H groups in total. The van der Waals surface area contributed by atoms with Gasteiger partial charge in [0.05, 0.1) is 12.5 Å². The number of aromatic nitrogens is 1. The molecule has 1 fully saturated rings. The van der Waals surface area contributed by atoms with Gasteiger partial charge in [0, 0.05) is 62.4 Å². The van der Waals surface area contributed by atoms with Gasteiger partial charge in [-0.05, 0) is 49.9 Å². The highest BCUT2D eigenvalue weighted by Gasteiger charge is 2.34. The number of esters is 1. The van der Waals surface area contributed by atoms with E-state index in [1.165, 1.54) is 11.8 Å². The smallest absolute Gasteiger partial charge is 0.308 e. The van der Waals surface area contributed by atoms with Gasteiger partial charge in [-0.1, -0.05) is 62.4 Å². The summed E-state index contributed by atoms with van der Waals surface area (Å²) in [6.07, 6.45) is 4.08. The number of carbonyl (C=O) groups is 5. The van der Waals surface area contributed by atoms with Crippen molar-refractivity contribution in [2.75, 3.05) is 13.6 Å². The molecule has 1 saturated heterocycles. The Morgan fingerprint density at radius 3 is 2.37 bits per heavy atom. The number of nitrogens with zero attached hydrogens (tertiary/aromatic N) is 1. The third kappa shape index (κ3) is 11.4. The molecule has 4 rings (SSSR count). The molecule has 0 bridgehead atoms. The first kappa shape index (κ1) is 38.7. The molecule has 2 aromatic carbocycles. The molecule has 49 heavy (non-hydrogen) atoms. The van der Waals surface area contributed by atoms with E-state index in [0.717, 1.165) is 28.5 Å². The van der Waals surface area contributed by atoms with Crippen molar-refractivity contribution in [3.63, 3.8) is 0 Å². The second kappa shape index (κ2) is 18.7. The van der Waals surface area contributed by atoms with Gasteiger partial charge in [-0.3, -0.25) is 24.0 Å². The molecule has 0 saturated carbocycles. The molecule has 12 heteroatoms. The number of hydrogen-bond donors (Lipinski definition) is 5. The van der Waals surface area contributed by atoms with Gasteiger partial charge in [0.2, 0.25) is 23.6 Å². The largest absolute Gasteiger partial charge is 0.460 e. The summed E-state index contributed by atoms with van der Waals surface area (Å²) in [4.78, 5) is 69.6. The predicted octanol–water partition coefficient (Wildman–Crippen LogP) is 3.14. The monoisotopic (exact) mass is 676 g/mol. The van der Waals surface area contributed by atoms with E-state index in [9.17, 15) is 24.0 Å². The van der Waals surface area contributed by atoms with E-state index in [-0.39, 0.29) is 56.8 Å². The molecule has 0 radical (unpaired) electrons. The van der Waals surface area contributed by atoms with Gasteiger partial charge in [0.15, 0.2) is 0 Å².